The fourth-order valence-electron chi connectivity index (χ4n) is 2.49. The monoisotopic (exact) mass is 312 g/mol. The molecule has 3 nitrogen and oxygen atoms in total. The Labute approximate surface area is 117 Å². The van der Waals surface area contributed by atoms with E-state index in [0.717, 1.165) is 35.1 Å². The minimum atomic E-state index is -0.586. The van der Waals surface area contributed by atoms with Gasteiger partial charge in [-0.3, -0.25) is 0 Å². The predicted molar refractivity (Wildman–Crippen MR) is 78.8 cm³/mol. The van der Waals surface area contributed by atoms with Crippen LogP contribution >= 0.6 is 15.9 Å². The van der Waals surface area contributed by atoms with Crippen molar-refractivity contribution in [1.82, 2.24) is 0 Å². The van der Waals surface area contributed by atoms with Gasteiger partial charge < -0.3 is 15.7 Å². The molecule has 0 aromatic heterocycles. The van der Waals surface area contributed by atoms with E-state index in [9.17, 15) is 5.11 Å². The zero-order valence-corrected chi connectivity index (χ0v) is 12.6. The first-order chi connectivity index (χ1) is 8.39. The molecule has 1 heterocycles. The van der Waals surface area contributed by atoms with E-state index in [1.165, 1.54) is 0 Å². The molecule has 0 spiro atoms. The lowest BCUT2D eigenvalue weighted by molar-refractivity contribution is 0.0449. The topological polar surface area (TPSA) is 49.5 Å². The summed E-state index contributed by atoms with van der Waals surface area (Å²) in [5.41, 5.74) is 7.55. The van der Waals surface area contributed by atoms with E-state index in [-0.39, 0.29) is 6.04 Å². The van der Waals surface area contributed by atoms with Crippen LogP contribution in [0.3, 0.4) is 0 Å². The summed E-state index contributed by atoms with van der Waals surface area (Å²) < 4.78 is 1.05. The zero-order valence-electron chi connectivity index (χ0n) is 11.0. The second-order valence-corrected chi connectivity index (χ2v) is 6.38. The third kappa shape index (κ3) is 3.05. The summed E-state index contributed by atoms with van der Waals surface area (Å²) in [5.74, 6) is 0. The fourth-order valence-corrected chi connectivity index (χ4v) is 3.14. The molecule has 1 aromatic rings. The van der Waals surface area contributed by atoms with E-state index in [1.807, 2.05) is 13.8 Å². The van der Waals surface area contributed by atoms with Crippen molar-refractivity contribution in [3.8, 4) is 0 Å². The van der Waals surface area contributed by atoms with Gasteiger partial charge in [0.1, 0.15) is 0 Å². The van der Waals surface area contributed by atoms with Crippen molar-refractivity contribution in [2.24, 2.45) is 5.73 Å². The van der Waals surface area contributed by atoms with Crippen LogP contribution in [-0.2, 0) is 0 Å². The molecule has 18 heavy (non-hydrogen) atoms. The van der Waals surface area contributed by atoms with Gasteiger partial charge in [0, 0.05) is 23.6 Å². The second-order valence-electron chi connectivity index (χ2n) is 5.52. The number of aliphatic hydroxyl groups is 1. The van der Waals surface area contributed by atoms with Crippen LogP contribution in [0.4, 0.5) is 5.69 Å². The van der Waals surface area contributed by atoms with Crippen molar-refractivity contribution in [1.29, 1.82) is 0 Å². The van der Waals surface area contributed by atoms with Crippen LogP contribution in [0.1, 0.15) is 38.3 Å². The molecule has 1 aliphatic heterocycles. The standard InChI is InChI=1S/C14H21BrN2O/c1-10(16)11-4-5-13(12(15)8-11)17-7-3-6-14(2,18)9-17/h4-5,8,10,18H,3,6-7,9,16H2,1-2H3/t10-,14?/m1/s1. The quantitative estimate of drug-likeness (QED) is 0.883. The first-order valence-electron chi connectivity index (χ1n) is 6.41. The molecule has 3 N–H and O–H groups in total. The van der Waals surface area contributed by atoms with Gasteiger partial charge in [0.05, 0.1) is 11.3 Å². The van der Waals surface area contributed by atoms with Crippen molar-refractivity contribution >= 4 is 21.6 Å². The van der Waals surface area contributed by atoms with Crippen LogP contribution in [0, 0.1) is 0 Å². The number of halogens is 1. The van der Waals surface area contributed by atoms with Crippen LogP contribution in [0.2, 0.25) is 0 Å². The number of nitrogens with zero attached hydrogens (tertiary/aromatic N) is 1. The molecule has 0 aliphatic carbocycles. The molecule has 0 radical (unpaired) electrons. The summed E-state index contributed by atoms with van der Waals surface area (Å²) in [5, 5.41) is 10.2. The molecular formula is C14H21BrN2O. The highest BCUT2D eigenvalue weighted by Gasteiger charge is 2.29. The van der Waals surface area contributed by atoms with E-state index in [0.29, 0.717) is 6.54 Å². The van der Waals surface area contributed by atoms with Gasteiger partial charge in [0.25, 0.3) is 0 Å². The van der Waals surface area contributed by atoms with Crippen molar-refractivity contribution in [3.63, 3.8) is 0 Å². The van der Waals surface area contributed by atoms with E-state index < -0.39 is 5.60 Å². The number of benzene rings is 1. The summed E-state index contributed by atoms with van der Waals surface area (Å²) in [6.45, 7) is 5.56. The molecule has 1 fully saturated rings. The summed E-state index contributed by atoms with van der Waals surface area (Å²) >= 11 is 3.61. The Kier molecular flexibility index (Phi) is 3.99. The van der Waals surface area contributed by atoms with Crippen molar-refractivity contribution in [2.75, 3.05) is 18.0 Å². The minimum absolute atomic E-state index is 0.0415. The summed E-state index contributed by atoms with van der Waals surface area (Å²) in [6.07, 6.45) is 1.90. The number of anilines is 1. The highest BCUT2D eigenvalue weighted by atomic mass is 79.9. The molecule has 1 aromatic carbocycles. The molecular weight excluding hydrogens is 292 g/mol. The molecule has 2 rings (SSSR count). The summed E-state index contributed by atoms with van der Waals surface area (Å²) in [4.78, 5) is 2.23. The van der Waals surface area contributed by atoms with Crippen LogP contribution in [0.15, 0.2) is 22.7 Å². The first kappa shape index (κ1) is 13.8. The molecule has 4 heteroatoms. The molecule has 1 unspecified atom stereocenters. The predicted octanol–water partition coefficient (Wildman–Crippen LogP) is 2.82. The Balaban J connectivity index is 2.23. The Hall–Kier alpha value is -0.580. The van der Waals surface area contributed by atoms with E-state index >= 15 is 0 Å². The van der Waals surface area contributed by atoms with Crippen LogP contribution in [0.25, 0.3) is 0 Å². The van der Waals surface area contributed by atoms with Crippen molar-refractivity contribution in [3.05, 3.63) is 28.2 Å². The van der Waals surface area contributed by atoms with Crippen LogP contribution in [0.5, 0.6) is 0 Å². The third-order valence-electron chi connectivity index (χ3n) is 3.51. The number of piperidine rings is 1. The summed E-state index contributed by atoms with van der Waals surface area (Å²) in [7, 11) is 0. The second kappa shape index (κ2) is 5.19. The Morgan fingerprint density at radius 2 is 2.22 bits per heavy atom. The van der Waals surface area contributed by atoms with Crippen LogP contribution < -0.4 is 10.6 Å². The molecule has 1 saturated heterocycles. The lowest BCUT2D eigenvalue weighted by Crippen LogP contribution is -2.46. The highest BCUT2D eigenvalue weighted by molar-refractivity contribution is 9.10. The number of hydrogen-bond donors (Lipinski definition) is 2. The number of β-amino-alcohol motifs (C(OH)–C–C–N with tert-alkyl or cyclic N) is 1. The normalized spacial score (nSPS) is 26.2. The molecule has 1 aliphatic rings. The van der Waals surface area contributed by atoms with E-state index in [4.69, 9.17) is 5.73 Å². The largest absolute Gasteiger partial charge is 0.388 e. The van der Waals surface area contributed by atoms with E-state index in [2.05, 4.69) is 39.0 Å². The number of hydrogen-bond acceptors (Lipinski definition) is 3. The van der Waals surface area contributed by atoms with Gasteiger partial charge in [-0.1, -0.05) is 6.07 Å². The minimum Gasteiger partial charge on any atom is -0.388 e. The van der Waals surface area contributed by atoms with Gasteiger partial charge >= 0.3 is 0 Å². The number of rotatable bonds is 2. The maximum absolute atomic E-state index is 10.2. The lowest BCUT2D eigenvalue weighted by atomic mass is 9.94. The van der Waals surface area contributed by atoms with Crippen molar-refractivity contribution < 1.29 is 5.11 Å². The first-order valence-corrected chi connectivity index (χ1v) is 7.21. The van der Waals surface area contributed by atoms with Gasteiger partial charge in [-0.25, -0.2) is 0 Å². The maximum Gasteiger partial charge on any atom is 0.0794 e. The zero-order chi connectivity index (χ0) is 13.3. The van der Waals surface area contributed by atoms with Gasteiger partial charge in [-0.05, 0) is 60.3 Å². The molecule has 2 atom stereocenters. The average molecular weight is 313 g/mol. The van der Waals surface area contributed by atoms with Gasteiger partial charge in [0.15, 0.2) is 0 Å². The third-order valence-corrected chi connectivity index (χ3v) is 4.15. The average Bonchev–Trinajstić information content (AvgIpc) is 2.27. The van der Waals surface area contributed by atoms with Gasteiger partial charge in [0.2, 0.25) is 0 Å². The Morgan fingerprint density at radius 3 is 2.78 bits per heavy atom. The van der Waals surface area contributed by atoms with Gasteiger partial charge in [-0.15, -0.1) is 0 Å². The molecule has 100 valence electrons. The van der Waals surface area contributed by atoms with Crippen LogP contribution in [-0.4, -0.2) is 23.8 Å². The molecule has 0 saturated carbocycles. The SMILES string of the molecule is C[C@@H](N)c1ccc(N2CCCC(C)(O)C2)c(Br)c1. The molecule has 0 amide bonds. The van der Waals surface area contributed by atoms with Gasteiger partial charge in [-0.2, -0.15) is 0 Å². The Bertz CT molecular complexity index is 432. The molecule has 0 bridgehead atoms. The maximum atomic E-state index is 10.2. The van der Waals surface area contributed by atoms with Crippen molar-refractivity contribution in [2.45, 2.75) is 38.3 Å². The number of nitrogens with two attached hydrogens (primary N) is 1. The fraction of sp³-hybridized carbons (Fsp3) is 0.571. The Morgan fingerprint density at radius 1 is 1.50 bits per heavy atom. The highest BCUT2D eigenvalue weighted by Crippen LogP contribution is 2.32. The van der Waals surface area contributed by atoms with E-state index in [1.54, 1.807) is 0 Å². The smallest absolute Gasteiger partial charge is 0.0794 e. The summed E-state index contributed by atoms with van der Waals surface area (Å²) in [6, 6.07) is 6.27. The lowest BCUT2D eigenvalue weighted by Gasteiger charge is -2.38.